The van der Waals surface area contributed by atoms with E-state index in [9.17, 15) is 0 Å². The Balaban J connectivity index is 1.35. The lowest BCUT2D eigenvalue weighted by Crippen LogP contribution is -2.22. The molecule has 4 rings (SSSR count). The standard InChI is InChI=1S/C42H44BBr7O4/c1-7-9-13-51-37-29(43)17-25(18-30(37)44)41(3,4)26-19-33(47)39(34(48)20-26)53-15-11-12-16-54-40-35(49)23-28(24-36(40)50)42(5,6)27-21-31(45)38(32(46)22-27)52-14-10-8-2/h7-8,17-24H,1-2,9-16,43H2,3-6H3. The summed E-state index contributed by atoms with van der Waals surface area (Å²) >= 11 is 26.3. The van der Waals surface area contributed by atoms with E-state index in [1.54, 1.807) is 0 Å². The summed E-state index contributed by atoms with van der Waals surface area (Å²) in [5.74, 6) is 3.23. The number of halogens is 7. The number of hydrogen-bond donors (Lipinski definition) is 0. The zero-order chi connectivity index (χ0) is 39.8. The molecule has 0 atom stereocenters. The minimum Gasteiger partial charge on any atom is -0.493 e. The highest BCUT2D eigenvalue weighted by molar-refractivity contribution is 9.12. The molecule has 12 heteroatoms. The van der Waals surface area contributed by atoms with Crippen LogP contribution in [0.3, 0.4) is 0 Å². The molecule has 4 nitrogen and oxygen atoms in total. The van der Waals surface area contributed by atoms with E-state index in [0.29, 0.717) is 26.4 Å². The molecule has 0 aliphatic carbocycles. The monoisotopic (exact) mass is 1180 g/mol. The van der Waals surface area contributed by atoms with E-state index in [-0.39, 0.29) is 10.8 Å². The molecule has 0 bridgehead atoms. The Labute approximate surface area is 380 Å². The highest BCUT2D eigenvalue weighted by atomic mass is 79.9. The van der Waals surface area contributed by atoms with Crippen LogP contribution < -0.4 is 24.4 Å². The predicted molar refractivity (Wildman–Crippen MR) is 253 cm³/mol. The van der Waals surface area contributed by atoms with Crippen molar-refractivity contribution in [3.8, 4) is 23.0 Å². The first-order chi connectivity index (χ1) is 25.5. The summed E-state index contributed by atoms with van der Waals surface area (Å²) in [4.78, 5) is 0. The first kappa shape index (κ1) is 45.7. The van der Waals surface area contributed by atoms with Gasteiger partial charge in [0.25, 0.3) is 0 Å². The number of rotatable bonds is 19. The lowest BCUT2D eigenvalue weighted by molar-refractivity contribution is 0.263. The van der Waals surface area contributed by atoms with Gasteiger partial charge in [-0.15, -0.1) is 13.2 Å². The van der Waals surface area contributed by atoms with Crippen LogP contribution in [0.2, 0.25) is 0 Å². The average molecular weight is 1180 g/mol. The fourth-order valence-corrected chi connectivity index (χ4v) is 10.7. The number of benzene rings is 4. The van der Waals surface area contributed by atoms with E-state index in [1.807, 2.05) is 12.2 Å². The van der Waals surface area contributed by atoms with Gasteiger partial charge in [0.15, 0.2) is 0 Å². The Morgan fingerprint density at radius 3 is 1.02 bits per heavy atom. The third kappa shape index (κ3) is 11.3. The highest BCUT2D eigenvalue weighted by Gasteiger charge is 2.29. The van der Waals surface area contributed by atoms with Crippen LogP contribution in [0, 0.1) is 0 Å². The van der Waals surface area contributed by atoms with Crippen LogP contribution in [0.4, 0.5) is 0 Å². The molecule has 0 amide bonds. The van der Waals surface area contributed by atoms with Crippen molar-refractivity contribution >= 4 is 125 Å². The van der Waals surface area contributed by atoms with E-state index in [4.69, 9.17) is 18.9 Å². The molecule has 0 unspecified atom stereocenters. The summed E-state index contributed by atoms with van der Waals surface area (Å²) < 4.78 is 30.8. The Morgan fingerprint density at radius 1 is 0.463 bits per heavy atom. The molecule has 4 aromatic rings. The quantitative estimate of drug-likeness (QED) is 0.0533. The summed E-state index contributed by atoms with van der Waals surface area (Å²) in [6, 6.07) is 17.2. The number of hydrogen-bond acceptors (Lipinski definition) is 4. The van der Waals surface area contributed by atoms with Crippen LogP contribution in [0.25, 0.3) is 0 Å². The van der Waals surface area contributed by atoms with Crippen LogP contribution in [0.5, 0.6) is 23.0 Å². The van der Waals surface area contributed by atoms with Gasteiger partial charge < -0.3 is 18.9 Å². The topological polar surface area (TPSA) is 36.9 Å². The Bertz CT molecular complexity index is 1750. The second-order valence-electron chi connectivity index (χ2n) is 13.9. The second kappa shape index (κ2) is 20.6. The molecule has 0 saturated carbocycles. The van der Waals surface area contributed by atoms with Crippen LogP contribution in [-0.4, -0.2) is 34.3 Å². The van der Waals surface area contributed by atoms with Gasteiger partial charge >= 0.3 is 0 Å². The Hall–Kier alpha value is -1.02. The SMILES string of the molecule is Bc1cc(C(C)(C)c2cc(Br)c(OCCCCOc3c(Br)cc(C(C)(C)c4cc(Br)c(OCCC=C)c(Br)c4)cc3Br)c(Br)c2)cc(Br)c1OCCC=C. The summed E-state index contributed by atoms with van der Waals surface area (Å²) in [5.41, 5.74) is 5.13. The third-order valence-electron chi connectivity index (χ3n) is 9.28. The normalized spacial score (nSPS) is 11.7. The largest absolute Gasteiger partial charge is 0.493 e. The predicted octanol–water partition coefficient (Wildman–Crippen LogP) is 14.1. The van der Waals surface area contributed by atoms with E-state index >= 15 is 0 Å². The first-order valence-corrected chi connectivity index (χ1v) is 23.1. The number of ether oxygens (including phenoxy) is 4. The van der Waals surface area contributed by atoms with Crippen LogP contribution >= 0.6 is 112 Å². The van der Waals surface area contributed by atoms with Crippen molar-refractivity contribution in [2.45, 2.75) is 64.2 Å². The molecule has 0 heterocycles. The van der Waals surface area contributed by atoms with Crippen LogP contribution in [0.15, 0.2) is 105 Å². The maximum atomic E-state index is 6.27. The zero-order valence-corrected chi connectivity index (χ0v) is 42.2. The van der Waals surface area contributed by atoms with Crippen molar-refractivity contribution in [1.82, 2.24) is 0 Å². The molecule has 54 heavy (non-hydrogen) atoms. The van der Waals surface area contributed by atoms with E-state index in [0.717, 1.165) is 102 Å². The number of unbranched alkanes of at least 4 members (excludes halogenated alkanes) is 1. The lowest BCUT2D eigenvalue weighted by atomic mass is 9.76. The smallest absolute Gasteiger partial charge is 0.147 e. The van der Waals surface area contributed by atoms with Gasteiger partial charge in [0, 0.05) is 10.8 Å². The van der Waals surface area contributed by atoms with E-state index in [1.165, 1.54) is 5.56 Å². The second-order valence-corrected chi connectivity index (χ2v) is 19.9. The lowest BCUT2D eigenvalue weighted by Gasteiger charge is -2.29. The third-order valence-corrected chi connectivity index (χ3v) is 13.4. The van der Waals surface area contributed by atoms with Crippen LogP contribution in [-0.2, 0) is 10.8 Å². The molecule has 288 valence electrons. The first-order valence-electron chi connectivity index (χ1n) is 17.5. The molecule has 0 radical (unpaired) electrons. The summed E-state index contributed by atoms with van der Waals surface area (Å²) in [6.45, 7) is 18.7. The van der Waals surface area contributed by atoms with E-state index in [2.05, 4.69) is 209 Å². The van der Waals surface area contributed by atoms with Crippen molar-refractivity contribution < 1.29 is 18.9 Å². The minimum absolute atomic E-state index is 0.273. The minimum atomic E-state index is -0.301. The molecule has 0 N–H and O–H groups in total. The molecular weight excluding hydrogens is 1140 g/mol. The molecule has 4 aromatic carbocycles. The Kier molecular flexibility index (Phi) is 17.4. The maximum absolute atomic E-state index is 6.27. The molecular formula is C42H44BBr7O4. The zero-order valence-electron chi connectivity index (χ0n) is 31.1. The average Bonchev–Trinajstić information content (AvgIpc) is 3.10. The van der Waals surface area contributed by atoms with Crippen molar-refractivity contribution in [3.63, 3.8) is 0 Å². The fraction of sp³-hybridized carbons (Fsp3) is 0.333. The molecule has 0 saturated heterocycles. The maximum Gasteiger partial charge on any atom is 0.147 e. The summed E-state index contributed by atoms with van der Waals surface area (Å²) in [5, 5.41) is 0. The van der Waals surface area contributed by atoms with Gasteiger partial charge in [-0.05, 0) is 207 Å². The van der Waals surface area contributed by atoms with E-state index < -0.39 is 0 Å². The molecule has 0 aliphatic rings. The van der Waals surface area contributed by atoms with Gasteiger partial charge in [-0.1, -0.05) is 45.9 Å². The molecule has 0 spiro atoms. The Morgan fingerprint density at radius 2 is 0.722 bits per heavy atom. The van der Waals surface area contributed by atoms with Crippen LogP contribution in [0.1, 0.15) is 75.6 Å². The highest BCUT2D eigenvalue weighted by Crippen LogP contribution is 2.45. The van der Waals surface area contributed by atoms with Gasteiger partial charge in [-0.25, -0.2) is 0 Å². The van der Waals surface area contributed by atoms with Crippen molar-refractivity contribution in [2.75, 3.05) is 26.4 Å². The summed E-state index contributed by atoms with van der Waals surface area (Å²) in [6.07, 6.45) is 6.96. The van der Waals surface area contributed by atoms with Gasteiger partial charge in [-0.3, -0.25) is 0 Å². The molecule has 0 aliphatic heterocycles. The van der Waals surface area contributed by atoms with Gasteiger partial charge in [0.2, 0.25) is 0 Å². The molecule has 0 aromatic heterocycles. The van der Waals surface area contributed by atoms with Gasteiger partial charge in [-0.2, -0.15) is 0 Å². The molecule has 0 fully saturated rings. The van der Waals surface area contributed by atoms with Crippen molar-refractivity contribution in [3.05, 3.63) is 127 Å². The fourth-order valence-electron chi connectivity index (χ4n) is 5.82. The van der Waals surface area contributed by atoms with Gasteiger partial charge in [0.05, 0.1) is 57.7 Å². The van der Waals surface area contributed by atoms with Gasteiger partial charge in [0.1, 0.15) is 30.8 Å². The van der Waals surface area contributed by atoms with Crippen molar-refractivity contribution in [2.24, 2.45) is 0 Å². The van der Waals surface area contributed by atoms with Crippen molar-refractivity contribution in [1.29, 1.82) is 0 Å². The summed E-state index contributed by atoms with van der Waals surface area (Å²) in [7, 11) is 2.08.